The van der Waals surface area contributed by atoms with Crippen molar-refractivity contribution in [2.24, 2.45) is 0 Å². The van der Waals surface area contributed by atoms with Crippen LogP contribution in [0.4, 0.5) is 11.5 Å². The molecule has 0 bridgehead atoms. The summed E-state index contributed by atoms with van der Waals surface area (Å²) >= 11 is 5.60. The summed E-state index contributed by atoms with van der Waals surface area (Å²) in [7, 11) is -3.84. The van der Waals surface area contributed by atoms with Crippen LogP contribution in [0.25, 0.3) is 4.72 Å². The van der Waals surface area contributed by atoms with Gasteiger partial charge in [-0.3, -0.25) is 4.98 Å². The molecule has 0 saturated carbocycles. The van der Waals surface area contributed by atoms with Crippen LogP contribution in [0, 0.1) is 0 Å². The maximum Gasteiger partial charge on any atom is 1.00 e. The zero-order valence-electron chi connectivity index (χ0n) is 9.99. The third-order valence-corrected chi connectivity index (χ3v) is 3.46. The molecule has 1 heterocycles. The molecule has 0 atom stereocenters. The predicted molar refractivity (Wildman–Crippen MR) is 68.1 cm³/mol. The van der Waals surface area contributed by atoms with Crippen molar-refractivity contribution in [1.82, 2.24) is 9.97 Å². The first-order valence-electron chi connectivity index (χ1n) is 4.78. The van der Waals surface area contributed by atoms with Crippen LogP contribution in [0.2, 0.25) is 5.15 Å². The van der Waals surface area contributed by atoms with Gasteiger partial charge in [0, 0.05) is 23.2 Å². The van der Waals surface area contributed by atoms with Crippen LogP contribution in [-0.4, -0.2) is 18.4 Å². The summed E-state index contributed by atoms with van der Waals surface area (Å²) in [4.78, 5) is 7.46. The number of aromatic nitrogens is 2. The molecule has 0 unspecified atom stereocenters. The van der Waals surface area contributed by atoms with Crippen LogP contribution in [0.3, 0.4) is 0 Å². The first-order valence-corrected chi connectivity index (χ1v) is 6.60. The predicted octanol–water partition coefficient (Wildman–Crippen LogP) is -0.890. The summed E-state index contributed by atoms with van der Waals surface area (Å²) in [6, 6.07) is 5.69. The van der Waals surface area contributed by atoms with Gasteiger partial charge in [0.05, 0.1) is 4.90 Å². The summed E-state index contributed by atoms with van der Waals surface area (Å²) in [6.07, 6.45) is 2.50. The van der Waals surface area contributed by atoms with Gasteiger partial charge in [0.2, 0.25) is 10.0 Å². The van der Waals surface area contributed by atoms with Gasteiger partial charge in [-0.1, -0.05) is 11.6 Å². The summed E-state index contributed by atoms with van der Waals surface area (Å²) in [5.41, 5.74) is 5.95. The Morgan fingerprint density at radius 3 is 2.37 bits per heavy atom. The molecule has 6 nitrogen and oxygen atoms in total. The molecule has 0 spiro atoms. The molecule has 0 radical (unpaired) electrons. The van der Waals surface area contributed by atoms with E-state index in [1.54, 1.807) is 0 Å². The molecule has 9 heteroatoms. The molecular weight excluding hydrogens is 299 g/mol. The molecule has 0 aliphatic heterocycles. The fourth-order valence-electron chi connectivity index (χ4n) is 1.19. The fourth-order valence-corrected chi connectivity index (χ4v) is 2.25. The Morgan fingerprint density at radius 1 is 1.16 bits per heavy atom. The van der Waals surface area contributed by atoms with Crippen molar-refractivity contribution in [1.29, 1.82) is 0 Å². The van der Waals surface area contributed by atoms with E-state index in [4.69, 9.17) is 17.3 Å². The van der Waals surface area contributed by atoms with Gasteiger partial charge in [0.15, 0.2) is 0 Å². The molecule has 0 aliphatic rings. The summed E-state index contributed by atoms with van der Waals surface area (Å²) in [6.45, 7) is 0. The normalized spacial score (nSPS) is 10.6. The molecule has 2 rings (SSSR count). The number of anilines is 1. The standard InChI is InChI=1S/C10H8ClN4O2S.Na/c11-9-5-13-6-10(14-9)15-18(16,17)8-3-1-7(12)2-4-8;/h1-6H,12H2;/q-1;+1. The van der Waals surface area contributed by atoms with E-state index < -0.39 is 10.0 Å². The Kier molecular flexibility index (Phi) is 5.57. The van der Waals surface area contributed by atoms with E-state index in [9.17, 15) is 8.42 Å². The van der Waals surface area contributed by atoms with Crippen molar-refractivity contribution in [3.8, 4) is 0 Å². The van der Waals surface area contributed by atoms with E-state index >= 15 is 0 Å². The third kappa shape index (κ3) is 4.32. The monoisotopic (exact) mass is 306 g/mol. The van der Waals surface area contributed by atoms with E-state index in [1.165, 1.54) is 36.7 Å². The number of rotatable bonds is 3. The SMILES string of the molecule is Nc1ccc(S(=O)(=O)[N-]c2cncc(Cl)n2)cc1.[Na+]. The molecule has 19 heavy (non-hydrogen) atoms. The molecule has 0 saturated heterocycles. The van der Waals surface area contributed by atoms with Crippen molar-refractivity contribution in [2.75, 3.05) is 5.73 Å². The fraction of sp³-hybridized carbons (Fsp3) is 0. The van der Waals surface area contributed by atoms with Gasteiger partial charge in [-0.05, 0) is 30.1 Å². The van der Waals surface area contributed by atoms with Gasteiger partial charge in [-0.2, -0.15) is 0 Å². The van der Waals surface area contributed by atoms with Gasteiger partial charge >= 0.3 is 29.6 Å². The van der Waals surface area contributed by atoms with Crippen molar-refractivity contribution < 1.29 is 38.0 Å². The minimum atomic E-state index is -3.84. The number of sulfonamides is 1. The number of hydrogen-bond acceptors (Lipinski definition) is 5. The van der Waals surface area contributed by atoms with Crippen LogP contribution in [0.5, 0.6) is 0 Å². The smallest absolute Gasteiger partial charge is 0.423 e. The summed E-state index contributed by atoms with van der Waals surface area (Å²) in [5, 5.41) is 0.0729. The quantitative estimate of drug-likeness (QED) is 0.586. The van der Waals surface area contributed by atoms with Gasteiger partial charge in [0.1, 0.15) is 0 Å². The Labute approximate surface area is 137 Å². The van der Waals surface area contributed by atoms with E-state index in [2.05, 4.69) is 14.7 Å². The average Bonchev–Trinajstić information content (AvgIpc) is 2.29. The molecule has 94 valence electrons. The Balaban J connectivity index is 0.00000180. The molecule has 0 aliphatic carbocycles. The number of benzene rings is 1. The zero-order valence-corrected chi connectivity index (χ0v) is 13.6. The number of nitrogens with two attached hydrogens (primary N) is 1. The van der Waals surface area contributed by atoms with Gasteiger partial charge < -0.3 is 15.4 Å². The number of nitrogen functional groups attached to an aromatic ring is 1. The van der Waals surface area contributed by atoms with E-state index in [-0.39, 0.29) is 45.4 Å². The summed E-state index contributed by atoms with van der Waals surface area (Å²) in [5.74, 6) is -0.0701. The molecule has 1 aromatic heterocycles. The van der Waals surface area contributed by atoms with Crippen LogP contribution < -0.4 is 35.3 Å². The minimum Gasteiger partial charge on any atom is -0.423 e. The van der Waals surface area contributed by atoms with Crippen molar-refractivity contribution >= 4 is 33.1 Å². The second-order valence-corrected chi connectivity index (χ2v) is 5.33. The van der Waals surface area contributed by atoms with Crippen LogP contribution in [0.15, 0.2) is 41.6 Å². The Morgan fingerprint density at radius 2 is 1.79 bits per heavy atom. The number of halogens is 1. The molecule has 1 aromatic carbocycles. The van der Waals surface area contributed by atoms with Crippen molar-refractivity contribution in [3.63, 3.8) is 0 Å². The number of nitrogens with zero attached hydrogens (tertiary/aromatic N) is 3. The second-order valence-electron chi connectivity index (χ2n) is 3.34. The van der Waals surface area contributed by atoms with E-state index in [0.29, 0.717) is 5.69 Å². The molecule has 2 N–H and O–H groups in total. The van der Waals surface area contributed by atoms with Crippen LogP contribution >= 0.6 is 11.6 Å². The van der Waals surface area contributed by atoms with Gasteiger partial charge in [-0.25, -0.2) is 8.42 Å². The first kappa shape index (κ1) is 16.2. The molecule has 2 aromatic rings. The minimum absolute atomic E-state index is 0. The Hall–Kier alpha value is -0.860. The topological polar surface area (TPSA) is 100 Å². The van der Waals surface area contributed by atoms with E-state index in [1.807, 2.05) is 0 Å². The van der Waals surface area contributed by atoms with E-state index in [0.717, 1.165) is 0 Å². The maximum atomic E-state index is 11.9. The molecule has 0 amide bonds. The zero-order chi connectivity index (χ0) is 13.2. The summed E-state index contributed by atoms with van der Waals surface area (Å²) < 4.78 is 27.3. The molecular formula is C10H8ClN4NaO2S. The second kappa shape index (κ2) is 6.53. The molecule has 0 fully saturated rings. The maximum absolute atomic E-state index is 11.9. The third-order valence-electron chi connectivity index (χ3n) is 1.98. The van der Waals surface area contributed by atoms with Gasteiger partial charge in [-0.15, -0.1) is 0 Å². The number of hydrogen-bond donors (Lipinski definition) is 1. The van der Waals surface area contributed by atoms with Crippen molar-refractivity contribution in [2.45, 2.75) is 4.90 Å². The Bertz CT molecular complexity index is 663. The first-order chi connectivity index (χ1) is 8.47. The average molecular weight is 307 g/mol. The van der Waals surface area contributed by atoms with Crippen molar-refractivity contribution in [3.05, 3.63) is 46.5 Å². The largest absolute Gasteiger partial charge is 1.00 e. The van der Waals surface area contributed by atoms with Crippen LogP contribution in [-0.2, 0) is 10.0 Å². The van der Waals surface area contributed by atoms with Gasteiger partial charge in [0.25, 0.3) is 0 Å². The van der Waals surface area contributed by atoms with Crippen LogP contribution in [0.1, 0.15) is 0 Å².